The lowest BCUT2D eigenvalue weighted by atomic mass is 10.2. The summed E-state index contributed by atoms with van der Waals surface area (Å²) in [6.45, 7) is 6.12. The Morgan fingerprint density at radius 2 is 1.96 bits per heavy atom. The zero-order chi connectivity index (χ0) is 17.3. The van der Waals surface area contributed by atoms with E-state index in [9.17, 15) is 4.79 Å². The summed E-state index contributed by atoms with van der Waals surface area (Å²) in [5.74, 6) is -0.138. The van der Waals surface area contributed by atoms with Gasteiger partial charge < -0.3 is 5.32 Å². The fourth-order valence-corrected chi connectivity index (χ4v) is 3.35. The SMILES string of the molecule is CCCc1nc2ccc(C)cn2c1C(=O)Nc1ccc(C)cc1Br. The second-order valence-electron chi connectivity index (χ2n) is 6.03. The van der Waals surface area contributed by atoms with Crippen molar-refractivity contribution in [2.75, 3.05) is 5.32 Å². The number of halogens is 1. The predicted molar refractivity (Wildman–Crippen MR) is 101 cm³/mol. The summed E-state index contributed by atoms with van der Waals surface area (Å²) in [6.07, 6.45) is 3.68. The quantitative estimate of drug-likeness (QED) is 0.692. The molecule has 0 spiro atoms. The molecule has 2 aromatic heterocycles. The van der Waals surface area contributed by atoms with Gasteiger partial charge in [0.1, 0.15) is 11.3 Å². The van der Waals surface area contributed by atoms with E-state index in [1.807, 2.05) is 54.8 Å². The molecule has 0 unspecified atom stereocenters. The number of rotatable bonds is 4. The molecule has 1 amide bonds. The van der Waals surface area contributed by atoms with E-state index >= 15 is 0 Å². The van der Waals surface area contributed by atoms with Gasteiger partial charge in [0, 0.05) is 10.7 Å². The van der Waals surface area contributed by atoms with Crippen molar-refractivity contribution in [1.82, 2.24) is 9.38 Å². The zero-order valence-corrected chi connectivity index (χ0v) is 15.6. The Labute approximate surface area is 150 Å². The van der Waals surface area contributed by atoms with E-state index < -0.39 is 0 Å². The molecule has 0 saturated carbocycles. The van der Waals surface area contributed by atoms with Crippen LogP contribution in [0.5, 0.6) is 0 Å². The Hall–Kier alpha value is -2.14. The normalized spacial score (nSPS) is 11.0. The van der Waals surface area contributed by atoms with Crippen molar-refractivity contribution in [3.8, 4) is 0 Å². The third kappa shape index (κ3) is 3.22. The topological polar surface area (TPSA) is 46.4 Å². The Morgan fingerprint density at radius 3 is 2.67 bits per heavy atom. The first kappa shape index (κ1) is 16.7. The average molecular weight is 386 g/mol. The lowest BCUT2D eigenvalue weighted by Crippen LogP contribution is -2.17. The number of anilines is 1. The number of hydrogen-bond donors (Lipinski definition) is 1. The van der Waals surface area contributed by atoms with Gasteiger partial charge in [0.05, 0.1) is 11.4 Å². The van der Waals surface area contributed by atoms with Gasteiger partial charge >= 0.3 is 0 Å². The minimum atomic E-state index is -0.138. The lowest BCUT2D eigenvalue weighted by molar-refractivity contribution is 0.102. The standard InChI is InChI=1S/C19H20BrN3O/c1-4-5-16-18(23-11-13(3)7-9-17(23)21-16)19(24)22-15-8-6-12(2)10-14(15)20/h6-11H,4-5H2,1-3H3,(H,22,24). The first-order chi connectivity index (χ1) is 11.5. The van der Waals surface area contributed by atoms with Gasteiger partial charge in [-0.3, -0.25) is 9.20 Å². The van der Waals surface area contributed by atoms with Crippen LogP contribution >= 0.6 is 15.9 Å². The van der Waals surface area contributed by atoms with Crippen LogP contribution in [0.15, 0.2) is 41.0 Å². The maximum absolute atomic E-state index is 12.9. The highest BCUT2D eigenvalue weighted by Gasteiger charge is 2.19. The fourth-order valence-electron chi connectivity index (χ4n) is 2.75. The Balaban J connectivity index is 2.04. The van der Waals surface area contributed by atoms with Gasteiger partial charge in [0.2, 0.25) is 0 Å². The molecule has 2 heterocycles. The van der Waals surface area contributed by atoms with E-state index in [2.05, 4.69) is 33.2 Å². The molecule has 0 bridgehead atoms. The molecule has 0 fully saturated rings. The minimum absolute atomic E-state index is 0.138. The van der Waals surface area contributed by atoms with Crippen LogP contribution < -0.4 is 5.32 Å². The molecule has 0 atom stereocenters. The minimum Gasteiger partial charge on any atom is -0.320 e. The number of benzene rings is 1. The Kier molecular flexibility index (Phi) is 4.71. The molecule has 0 aliphatic rings. The Morgan fingerprint density at radius 1 is 1.21 bits per heavy atom. The molecule has 4 nitrogen and oxygen atoms in total. The molecule has 1 aromatic carbocycles. The van der Waals surface area contributed by atoms with Crippen molar-refractivity contribution in [2.45, 2.75) is 33.6 Å². The van der Waals surface area contributed by atoms with Crippen molar-refractivity contribution in [3.05, 3.63) is 63.5 Å². The summed E-state index contributed by atoms with van der Waals surface area (Å²) in [4.78, 5) is 17.6. The smallest absolute Gasteiger partial charge is 0.274 e. The number of hydrogen-bond acceptors (Lipinski definition) is 2. The van der Waals surface area contributed by atoms with Crippen LogP contribution in [0.4, 0.5) is 5.69 Å². The number of aromatic nitrogens is 2. The monoisotopic (exact) mass is 385 g/mol. The van der Waals surface area contributed by atoms with Gasteiger partial charge in [-0.1, -0.05) is 25.5 Å². The van der Waals surface area contributed by atoms with Crippen LogP contribution in [-0.2, 0) is 6.42 Å². The van der Waals surface area contributed by atoms with Crippen LogP contribution in [0.25, 0.3) is 5.65 Å². The van der Waals surface area contributed by atoms with Crippen molar-refractivity contribution in [1.29, 1.82) is 0 Å². The summed E-state index contributed by atoms with van der Waals surface area (Å²) in [6, 6.07) is 9.84. The highest BCUT2D eigenvalue weighted by Crippen LogP contribution is 2.25. The van der Waals surface area contributed by atoms with E-state index in [0.29, 0.717) is 5.69 Å². The molecule has 5 heteroatoms. The van der Waals surface area contributed by atoms with E-state index in [-0.39, 0.29) is 5.91 Å². The van der Waals surface area contributed by atoms with Crippen LogP contribution in [0.1, 0.15) is 40.7 Å². The van der Waals surface area contributed by atoms with E-state index in [0.717, 1.165) is 45.5 Å². The number of amides is 1. The lowest BCUT2D eigenvalue weighted by Gasteiger charge is -2.09. The summed E-state index contributed by atoms with van der Waals surface area (Å²) in [5, 5.41) is 3.00. The summed E-state index contributed by atoms with van der Waals surface area (Å²) < 4.78 is 2.76. The molecule has 124 valence electrons. The van der Waals surface area contributed by atoms with Gasteiger partial charge in [-0.2, -0.15) is 0 Å². The second kappa shape index (κ2) is 6.77. The number of carbonyl (C=O) groups is 1. The maximum Gasteiger partial charge on any atom is 0.274 e. The number of carbonyl (C=O) groups excluding carboxylic acids is 1. The molecule has 0 aliphatic heterocycles. The highest BCUT2D eigenvalue weighted by atomic mass is 79.9. The molecule has 3 rings (SSSR count). The van der Waals surface area contributed by atoms with Crippen LogP contribution in [0.2, 0.25) is 0 Å². The number of pyridine rings is 1. The maximum atomic E-state index is 12.9. The molecule has 0 radical (unpaired) electrons. The largest absolute Gasteiger partial charge is 0.320 e. The number of aryl methyl sites for hydroxylation is 3. The first-order valence-electron chi connectivity index (χ1n) is 8.04. The summed E-state index contributed by atoms with van der Waals surface area (Å²) in [7, 11) is 0. The Bertz CT molecular complexity index is 914. The first-order valence-corrected chi connectivity index (χ1v) is 8.84. The number of imidazole rings is 1. The van der Waals surface area contributed by atoms with Crippen molar-refractivity contribution < 1.29 is 4.79 Å². The van der Waals surface area contributed by atoms with Crippen LogP contribution in [0, 0.1) is 13.8 Å². The number of nitrogens with zero attached hydrogens (tertiary/aromatic N) is 2. The van der Waals surface area contributed by atoms with Gasteiger partial charge in [-0.05, 0) is 65.5 Å². The van der Waals surface area contributed by atoms with E-state index in [1.54, 1.807) is 0 Å². The molecular weight excluding hydrogens is 366 g/mol. The molecule has 0 saturated heterocycles. The average Bonchev–Trinajstić information content (AvgIpc) is 2.87. The fraction of sp³-hybridized carbons (Fsp3) is 0.263. The van der Waals surface area contributed by atoms with Gasteiger partial charge in [-0.25, -0.2) is 4.98 Å². The van der Waals surface area contributed by atoms with Gasteiger partial charge in [0.15, 0.2) is 0 Å². The summed E-state index contributed by atoms with van der Waals surface area (Å²) in [5.41, 5.74) is 5.24. The van der Waals surface area contributed by atoms with Crippen molar-refractivity contribution in [2.24, 2.45) is 0 Å². The van der Waals surface area contributed by atoms with Crippen molar-refractivity contribution in [3.63, 3.8) is 0 Å². The van der Waals surface area contributed by atoms with Crippen LogP contribution in [-0.4, -0.2) is 15.3 Å². The number of nitrogens with one attached hydrogen (secondary N) is 1. The predicted octanol–water partition coefficient (Wildman–Crippen LogP) is 4.92. The third-order valence-corrected chi connectivity index (χ3v) is 4.57. The second-order valence-corrected chi connectivity index (χ2v) is 6.88. The summed E-state index contributed by atoms with van der Waals surface area (Å²) >= 11 is 3.51. The number of fused-ring (bicyclic) bond motifs is 1. The molecule has 24 heavy (non-hydrogen) atoms. The van der Waals surface area contributed by atoms with Gasteiger partial charge in [-0.15, -0.1) is 0 Å². The molecule has 0 aliphatic carbocycles. The molecular formula is C19H20BrN3O. The van der Waals surface area contributed by atoms with Crippen molar-refractivity contribution >= 4 is 33.2 Å². The molecule has 1 N–H and O–H groups in total. The highest BCUT2D eigenvalue weighted by molar-refractivity contribution is 9.10. The molecule has 3 aromatic rings. The van der Waals surface area contributed by atoms with E-state index in [1.165, 1.54) is 0 Å². The third-order valence-electron chi connectivity index (χ3n) is 3.91. The van der Waals surface area contributed by atoms with E-state index in [4.69, 9.17) is 0 Å². The zero-order valence-electron chi connectivity index (χ0n) is 14.1. The van der Waals surface area contributed by atoms with Crippen LogP contribution in [0.3, 0.4) is 0 Å². The van der Waals surface area contributed by atoms with Gasteiger partial charge in [0.25, 0.3) is 5.91 Å².